The third kappa shape index (κ3) is 3.66. The van der Waals surface area contributed by atoms with Gasteiger partial charge in [0.2, 0.25) is 0 Å². The monoisotopic (exact) mass is 444 g/mol. The number of carbonyl (C=O) groups is 1. The van der Waals surface area contributed by atoms with Crippen LogP contribution in [0.5, 0.6) is 0 Å². The summed E-state index contributed by atoms with van der Waals surface area (Å²) in [5.41, 5.74) is 2.39. The van der Waals surface area contributed by atoms with Crippen LogP contribution in [-0.4, -0.2) is 20.9 Å². The Kier molecular flexibility index (Phi) is 5.26. The predicted molar refractivity (Wildman–Crippen MR) is 115 cm³/mol. The van der Waals surface area contributed by atoms with E-state index in [4.69, 9.17) is 11.6 Å². The molecule has 1 N–H and O–H groups in total. The van der Waals surface area contributed by atoms with Gasteiger partial charge in [0, 0.05) is 12.1 Å². The molecule has 0 aromatic heterocycles. The van der Waals surface area contributed by atoms with E-state index < -0.39 is 21.7 Å². The Morgan fingerprint density at radius 1 is 1.10 bits per heavy atom. The molecule has 0 fully saturated rings. The number of amides is 1. The van der Waals surface area contributed by atoms with E-state index in [2.05, 4.69) is 5.32 Å². The molecule has 1 amide bonds. The fourth-order valence-corrected chi connectivity index (χ4v) is 5.45. The van der Waals surface area contributed by atoms with E-state index in [9.17, 15) is 17.6 Å². The van der Waals surface area contributed by atoms with E-state index in [1.807, 2.05) is 12.1 Å². The average molecular weight is 445 g/mol. The summed E-state index contributed by atoms with van der Waals surface area (Å²) in [5.74, 6) is -1.21. The first-order chi connectivity index (χ1) is 14.3. The summed E-state index contributed by atoms with van der Waals surface area (Å²) in [5, 5.41) is 2.50. The van der Waals surface area contributed by atoms with Crippen LogP contribution in [0.2, 0.25) is 5.02 Å². The highest BCUT2D eigenvalue weighted by Gasteiger charge is 2.32. The van der Waals surface area contributed by atoms with Gasteiger partial charge < -0.3 is 5.32 Å². The second kappa shape index (κ2) is 7.74. The Bertz CT molecular complexity index is 1260. The fraction of sp³-hybridized carbons (Fsp3) is 0.136. The summed E-state index contributed by atoms with van der Waals surface area (Å²) in [4.78, 5) is 12.5. The molecular weight excluding hydrogens is 427 g/mol. The van der Waals surface area contributed by atoms with Crippen molar-refractivity contribution in [2.45, 2.75) is 18.2 Å². The van der Waals surface area contributed by atoms with Crippen molar-refractivity contribution >= 4 is 38.9 Å². The normalized spacial score (nSPS) is 13.2. The second-order valence-electron chi connectivity index (χ2n) is 7.04. The number of halogens is 2. The van der Waals surface area contributed by atoms with E-state index in [-0.39, 0.29) is 21.2 Å². The van der Waals surface area contributed by atoms with E-state index >= 15 is 0 Å². The summed E-state index contributed by atoms with van der Waals surface area (Å²) in [7, 11) is -3.98. The zero-order valence-electron chi connectivity index (χ0n) is 16.0. The Balaban J connectivity index is 1.68. The maximum Gasteiger partial charge on any atom is 0.265 e. The van der Waals surface area contributed by atoms with Crippen LogP contribution in [0, 0.1) is 12.7 Å². The van der Waals surface area contributed by atoms with E-state index in [1.54, 1.807) is 25.1 Å². The van der Waals surface area contributed by atoms with Crippen molar-refractivity contribution < 1.29 is 17.6 Å². The average Bonchev–Trinajstić information content (AvgIpc) is 3.16. The Morgan fingerprint density at radius 3 is 2.67 bits per heavy atom. The predicted octanol–water partition coefficient (Wildman–Crippen LogP) is 4.79. The Morgan fingerprint density at radius 2 is 1.87 bits per heavy atom. The molecule has 0 saturated heterocycles. The minimum atomic E-state index is -3.98. The molecule has 8 heteroatoms. The molecule has 0 saturated carbocycles. The summed E-state index contributed by atoms with van der Waals surface area (Å²) < 4.78 is 41.9. The number of sulfonamides is 1. The van der Waals surface area contributed by atoms with Gasteiger partial charge in [-0.2, -0.15) is 0 Å². The molecule has 0 radical (unpaired) electrons. The number of hydrogen-bond donors (Lipinski definition) is 1. The molecule has 1 heterocycles. The van der Waals surface area contributed by atoms with Crippen LogP contribution < -0.4 is 9.62 Å². The number of nitrogens with one attached hydrogen (secondary N) is 1. The Hall–Kier alpha value is -2.90. The van der Waals surface area contributed by atoms with Crippen molar-refractivity contribution in [3.8, 4) is 0 Å². The largest absolute Gasteiger partial charge is 0.319 e. The molecule has 0 spiro atoms. The molecule has 4 rings (SSSR count). The SMILES string of the molecule is Cc1ccc(F)c(NC(=O)c2ccc(Cl)c(S(=O)(=O)N3CCc4ccccc43)c2)c1. The number of fused-ring (bicyclic) bond motifs is 1. The summed E-state index contributed by atoms with van der Waals surface area (Å²) >= 11 is 6.20. The lowest BCUT2D eigenvalue weighted by Gasteiger charge is -2.20. The molecular formula is C22H18ClFN2O3S. The minimum absolute atomic E-state index is 0.0117. The quantitative estimate of drug-likeness (QED) is 0.629. The van der Waals surface area contributed by atoms with Crippen LogP contribution in [0.15, 0.2) is 65.6 Å². The van der Waals surface area contributed by atoms with Crippen LogP contribution in [0.4, 0.5) is 15.8 Å². The fourth-order valence-electron chi connectivity index (χ4n) is 3.45. The van der Waals surface area contributed by atoms with Gasteiger partial charge in [0.05, 0.1) is 16.4 Å². The highest BCUT2D eigenvalue weighted by atomic mass is 35.5. The summed E-state index contributed by atoms with van der Waals surface area (Å²) in [6.07, 6.45) is 0.597. The number of hydrogen-bond acceptors (Lipinski definition) is 3. The molecule has 0 aliphatic carbocycles. The number of carbonyl (C=O) groups excluding carboxylic acids is 1. The number of rotatable bonds is 4. The smallest absolute Gasteiger partial charge is 0.265 e. The van der Waals surface area contributed by atoms with Gasteiger partial charge in [0.15, 0.2) is 0 Å². The molecule has 0 atom stereocenters. The zero-order valence-corrected chi connectivity index (χ0v) is 17.6. The van der Waals surface area contributed by atoms with Crippen molar-refractivity contribution in [3.63, 3.8) is 0 Å². The lowest BCUT2D eigenvalue weighted by atomic mass is 10.2. The lowest BCUT2D eigenvalue weighted by Crippen LogP contribution is -2.29. The van der Waals surface area contributed by atoms with Gasteiger partial charge >= 0.3 is 0 Å². The number of para-hydroxylation sites is 1. The molecule has 5 nitrogen and oxygen atoms in total. The van der Waals surface area contributed by atoms with Gasteiger partial charge in [0.1, 0.15) is 10.7 Å². The van der Waals surface area contributed by atoms with E-state index in [1.165, 1.54) is 34.6 Å². The molecule has 3 aromatic rings. The van der Waals surface area contributed by atoms with Crippen molar-refractivity contribution in [3.05, 3.63) is 88.2 Å². The number of anilines is 2. The minimum Gasteiger partial charge on any atom is -0.319 e. The topological polar surface area (TPSA) is 66.5 Å². The molecule has 1 aliphatic rings. The first-order valence-corrected chi connectivity index (χ1v) is 11.1. The van der Waals surface area contributed by atoms with Crippen molar-refractivity contribution in [1.29, 1.82) is 0 Å². The van der Waals surface area contributed by atoms with Crippen LogP contribution in [0.3, 0.4) is 0 Å². The molecule has 0 bridgehead atoms. The molecule has 154 valence electrons. The van der Waals surface area contributed by atoms with E-state index in [0.717, 1.165) is 11.1 Å². The van der Waals surface area contributed by atoms with Crippen LogP contribution in [0.25, 0.3) is 0 Å². The first-order valence-electron chi connectivity index (χ1n) is 9.25. The zero-order chi connectivity index (χ0) is 21.5. The van der Waals surface area contributed by atoms with E-state index in [0.29, 0.717) is 18.7 Å². The summed E-state index contributed by atoms with van der Waals surface area (Å²) in [6.45, 7) is 2.07. The van der Waals surface area contributed by atoms with Gasteiger partial charge in [-0.25, -0.2) is 12.8 Å². The lowest BCUT2D eigenvalue weighted by molar-refractivity contribution is 0.102. The van der Waals surface area contributed by atoms with Crippen molar-refractivity contribution in [2.75, 3.05) is 16.2 Å². The number of benzene rings is 3. The molecule has 30 heavy (non-hydrogen) atoms. The van der Waals surface area contributed by atoms with Gasteiger partial charge in [-0.1, -0.05) is 35.9 Å². The van der Waals surface area contributed by atoms with Crippen molar-refractivity contribution in [1.82, 2.24) is 0 Å². The van der Waals surface area contributed by atoms with Gasteiger partial charge in [-0.3, -0.25) is 9.10 Å². The van der Waals surface area contributed by atoms with Crippen LogP contribution in [0.1, 0.15) is 21.5 Å². The molecule has 0 unspecified atom stereocenters. The molecule has 3 aromatic carbocycles. The standard InChI is InChI=1S/C22H18ClFN2O3S/c1-14-6-9-18(24)19(12-14)25-22(27)16-7-8-17(23)21(13-16)30(28,29)26-11-10-15-4-2-3-5-20(15)26/h2-9,12-13H,10-11H2,1H3,(H,25,27). The Labute approximate surface area is 179 Å². The van der Waals surface area contributed by atoms with Crippen molar-refractivity contribution in [2.24, 2.45) is 0 Å². The number of nitrogens with zero attached hydrogens (tertiary/aromatic N) is 1. The maximum atomic E-state index is 14.0. The maximum absolute atomic E-state index is 14.0. The highest BCUT2D eigenvalue weighted by Crippen LogP contribution is 2.35. The van der Waals surface area contributed by atoms with Crippen LogP contribution >= 0.6 is 11.6 Å². The van der Waals surface area contributed by atoms with Gasteiger partial charge in [0.25, 0.3) is 15.9 Å². The third-order valence-electron chi connectivity index (χ3n) is 4.98. The van der Waals surface area contributed by atoms with Crippen LogP contribution in [-0.2, 0) is 16.4 Å². The molecule has 1 aliphatic heterocycles. The highest BCUT2D eigenvalue weighted by molar-refractivity contribution is 7.93. The number of aryl methyl sites for hydroxylation is 1. The second-order valence-corrected chi connectivity index (χ2v) is 9.28. The first kappa shape index (κ1) is 20.4. The third-order valence-corrected chi connectivity index (χ3v) is 7.27. The van der Waals surface area contributed by atoms with Gasteiger partial charge in [-0.15, -0.1) is 0 Å². The van der Waals surface area contributed by atoms with Gasteiger partial charge in [-0.05, 0) is 60.9 Å². The summed E-state index contributed by atoms with van der Waals surface area (Å²) in [6, 6.07) is 15.6.